The van der Waals surface area contributed by atoms with Crippen LogP contribution in [0.5, 0.6) is 0 Å². The minimum absolute atomic E-state index is 0.136. The third-order valence-corrected chi connectivity index (χ3v) is 4.83. The van der Waals surface area contributed by atoms with E-state index in [0.29, 0.717) is 28.7 Å². The number of aromatic nitrogens is 2. The molecule has 4 rings (SSSR count). The first-order valence-corrected chi connectivity index (χ1v) is 9.61. The molecule has 1 N–H and O–H groups in total. The van der Waals surface area contributed by atoms with Crippen LogP contribution in [0.1, 0.15) is 29.9 Å². The van der Waals surface area contributed by atoms with Gasteiger partial charge in [-0.2, -0.15) is 10.1 Å². The number of hydrogen-bond acceptors (Lipinski definition) is 6. The lowest BCUT2D eigenvalue weighted by atomic mass is 10.1. The molecule has 3 aromatic rings. The van der Waals surface area contributed by atoms with E-state index in [0.717, 1.165) is 11.1 Å². The number of hydrazone groups is 1. The molecule has 0 bridgehead atoms. The Hall–Kier alpha value is -3.81. The Morgan fingerprint density at radius 1 is 1.10 bits per heavy atom. The Balaban J connectivity index is 1.63. The van der Waals surface area contributed by atoms with Gasteiger partial charge < -0.3 is 9.84 Å². The van der Waals surface area contributed by atoms with Crippen molar-refractivity contribution in [3.05, 3.63) is 59.5 Å². The van der Waals surface area contributed by atoms with Crippen molar-refractivity contribution in [3.63, 3.8) is 0 Å². The lowest BCUT2D eigenvalue weighted by molar-refractivity contribution is -0.118. The lowest BCUT2D eigenvalue weighted by Crippen LogP contribution is -2.36. The van der Waals surface area contributed by atoms with Gasteiger partial charge in [0.2, 0.25) is 17.6 Å². The predicted molar refractivity (Wildman–Crippen MR) is 113 cm³/mol. The van der Waals surface area contributed by atoms with Crippen LogP contribution in [0.3, 0.4) is 0 Å². The van der Waals surface area contributed by atoms with E-state index in [1.54, 1.807) is 25.1 Å². The number of rotatable bonds is 4. The average molecular weight is 403 g/mol. The molecule has 8 heteroatoms. The Kier molecular flexibility index (Phi) is 5.14. The van der Waals surface area contributed by atoms with Crippen LogP contribution in [0.25, 0.3) is 11.4 Å². The summed E-state index contributed by atoms with van der Waals surface area (Å²) in [7, 11) is 0. The maximum absolute atomic E-state index is 12.9. The fraction of sp³-hybridized carbons (Fsp3) is 0.227. The van der Waals surface area contributed by atoms with E-state index in [-0.39, 0.29) is 30.4 Å². The summed E-state index contributed by atoms with van der Waals surface area (Å²) >= 11 is 0. The molecule has 8 nitrogen and oxygen atoms in total. The number of benzene rings is 2. The molecule has 2 heterocycles. The third-order valence-electron chi connectivity index (χ3n) is 4.83. The summed E-state index contributed by atoms with van der Waals surface area (Å²) < 4.78 is 5.05. The zero-order valence-electron chi connectivity index (χ0n) is 17.0. The molecule has 0 saturated carbocycles. The molecule has 0 saturated heterocycles. The number of carbonyl (C=O) groups excluding carboxylic acids is 2. The van der Waals surface area contributed by atoms with Gasteiger partial charge in [-0.15, -0.1) is 0 Å². The van der Waals surface area contributed by atoms with E-state index in [1.807, 2.05) is 38.1 Å². The highest BCUT2D eigenvalue weighted by molar-refractivity contribution is 6.44. The average Bonchev–Trinajstić information content (AvgIpc) is 3.17. The zero-order chi connectivity index (χ0) is 21.3. The number of amides is 2. The van der Waals surface area contributed by atoms with Gasteiger partial charge in [-0.3, -0.25) is 9.59 Å². The molecule has 0 atom stereocenters. The molecular formula is C22H21N5O3. The van der Waals surface area contributed by atoms with E-state index < -0.39 is 0 Å². The lowest BCUT2D eigenvalue weighted by Gasteiger charge is -2.25. The number of nitrogens with zero attached hydrogens (tertiary/aromatic N) is 4. The molecule has 1 aromatic heterocycles. The number of hydrogen-bond donors (Lipinski definition) is 1. The number of para-hydroxylation sites is 1. The van der Waals surface area contributed by atoms with Crippen LogP contribution in [-0.4, -0.2) is 27.7 Å². The Labute approximate surface area is 173 Å². The van der Waals surface area contributed by atoms with Crippen LogP contribution in [0.4, 0.5) is 11.4 Å². The highest BCUT2D eigenvalue weighted by Crippen LogP contribution is 2.27. The first-order chi connectivity index (χ1) is 14.4. The number of nitrogens with one attached hydrogen (secondary N) is 1. The van der Waals surface area contributed by atoms with E-state index in [9.17, 15) is 9.59 Å². The first kappa shape index (κ1) is 19.5. The Morgan fingerprint density at radius 2 is 1.90 bits per heavy atom. The van der Waals surface area contributed by atoms with Gasteiger partial charge in [0.05, 0.1) is 11.4 Å². The monoisotopic (exact) mass is 403 g/mol. The van der Waals surface area contributed by atoms with Crippen LogP contribution >= 0.6 is 0 Å². The van der Waals surface area contributed by atoms with Crippen LogP contribution < -0.4 is 10.3 Å². The van der Waals surface area contributed by atoms with Crippen LogP contribution in [0, 0.1) is 20.8 Å². The van der Waals surface area contributed by atoms with Crippen molar-refractivity contribution in [2.45, 2.75) is 33.6 Å². The fourth-order valence-electron chi connectivity index (χ4n) is 3.24. The van der Waals surface area contributed by atoms with Crippen LogP contribution in [-0.2, 0) is 9.59 Å². The predicted octanol–water partition coefficient (Wildman–Crippen LogP) is 3.78. The Morgan fingerprint density at radius 3 is 2.67 bits per heavy atom. The largest absolute Gasteiger partial charge is 0.339 e. The maximum atomic E-state index is 12.9. The smallest absolute Gasteiger partial charge is 0.271 e. The van der Waals surface area contributed by atoms with Crippen LogP contribution in [0.2, 0.25) is 0 Å². The minimum atomic E-state index is -0.370. The molecular weight excluding hydrogens is 382 g/mol. The number of anilines is 2. The quantitative estimate of drug-likeness (QED) is 0.714. The Bertz CT molecular complexity index is 1170. The summed E-state index contributed by atoms with van der Waals surface area (Å²) in [5, 5.41) is 12.5. The van der Waals surface area contributed by atoms with Crippen molar-refractivity contribution in [2.24, 2.45) is 5.10 Å². The highest BCUT2D eigenvalue weighted by Gasteiger charge is 2.27. The summed E-state index contributed by atoms with van der Waals surface area (Å²) in [4.78, 5) is 29.7. The third kappa shape index (κ3) is 3.84. The summed E-state index contributed by atoms with van der Waals surface area (Å²) in [6.45, 7) is 5.56. The molecule has 0 unspecified atom stereocenters. The second kappa shape index (κ2) is 7.90. The highest BCUT2D eigenvalue weighted by atomic mass is 16.5. The van der Waals surface area contributed by atoms with E-state index in [4.69, 9.17) is 4.52 Å². The molecule has 0 radical (unpaired) electrons. The zero-order valence-corrected chi connectivity index (χ0v) is 17.0. The molecule has 0 spiro atoms. The maximum Gasteiger partial charge on any atom is 0.271 e. The van der Waals surface area contributed by atoms with Gasteiger partial charge in [-0.1, -0.05) is 29.4 Å². The van der Waals surface area contributed by atoms with E-state index in [2.05, 4.69) is 20.6 Å². The van der Waals surface area contributed by atoms with Gasteiger partial charge in [0, 0.05) is 25.3 Å². The molecule has 0 aliphatic carbocycles. The standard InChI is InChI=1S/C22H21N5O3/c1-13-8-9-14(2)19(12-13)27-20(28)11-10-18(25-27)22(29)24-17-7-5-4-6-16(17)21-23-15(3)30-26-21/h4-9,12H,10-11H2,1-3H3,(H,24,29). The van der Waals surface area contributed by atoms with E-state index >= 15 is 0 Å². The van der Waals surface area contributed by atoms with Gasteiger partial charge in [-0.05, 0) is 43.2 Å². The van der Waals surface area contributed by atoms with Crippen molar-refractivity contribution in [1.82, 2.24) is 10.1 Å². The molecule has 30 heavy (non-hydrogen) atoms. The molecule has 2 amide bonds. The SMILES string of the molecule is Cc1ccc(C)c(N2N=C(C(=O)Nc3ccccc3-c3noc(C)n3)CCC2=O)c1. The van der Waals surface area contributed by atoms with Gasteiger partial charge in [0.1, 0.15) is 5.71 Å². The van der Waals surface area contributed by atoms with Crippen LogP contribution in [0.15, 0.2) is 52.1 Å². The van der Waals surface area contributed by atoms with Crippen molar-refractivity contribution < 1.29 is 14.1 Å². The summed E-state index contributed by atoms with van der Waals surface area (Å²) in [6.07, 6.45) is 0.487. The second-order valence-corrected chi connectivity index (χ2v) is 7.18. The van der Waals surface area contributed by atoms with Crippen molar-refractivity contribution in [2.75, 3.05) is 10.3 Å². The number of carbonyl (C=O) groups is 2. The molecule has 2 aromatic carbocycles. The molecule has 0 fully saturated rings. The second-order valence-electron chi connectivity index (χ2n) is 7.18. The van der Waals surface area contributed by atoms with Crippen molar-refractivity contribution >= 4 is 28.9 Å². The molecule has 1 aliphatic rings. The van der Waals surface area contributed by atoms with Gasteiger partial charge in [0.15, 0.2) is 0 Å². The van der Waals surface area contributed by atoms with E-state index in [1.165, 1.54) is 5.01 Å². The minimum Gasteiger partial charge on any atom is -0.339 e. The topological polar surface area (TPSA) is 101 Å². The first-order valence-electron chi connectivity index (χ1n) is 9.61. The van der Waals surface area contributed by atoms with Crippen molar-refractivity contribution in [1.29, 1.82) is 0 Å². The fourth-order valence-corrected chi connectivity index (χ4v) is 3.24. The molecule has 1 aliphatic heterocycles. The van der Waals surface area contributed by atoms with Gasteiger partial charge in [-0.25, -0.2) is 5.01 Å². The normalized spacial score (nSPS) is 13.9. The summed E-state index contributed by atoms with van der Waals surface area (Å²) in [5.41, 5.74) is 4.08. The molecule has 152 valence electrons. The summed E-state index contributed by atoms with van der Waals surface area (Å²) in [5.74, 6) is 0.319. The number of aryl methyl sites for hydroxylation is 3. The van der Waals surface area contributed by atoms with Gasteiger partial charge in [0.25, 0.3) is 5.91 Å². The van der Waals surface area contributed by atoms with Gasteiger partial charge >= 0.3 is 0 Å². The van der Waals surface area contributed by atoms with Crippen molar-refractivity contribution in [3.8, 4) is 11.4 Å². The summed E-state index contributed by atoms with van der Waals surface area (Å²) in [6, 6.07) is 13.0.